The fraction of sp³-hybridized carbons (Fsp3) is 0.500. The molecule has 1 unspecified atom stereocenters. The van der Waals surface area contributed by atoms with Crippen molar-refractivity contribution in [2.75, 3.05) is 7.05 Å². The summed E-state index contributed by atoms with van der Waals surface area (Å²) in [6.07, 6.45) is -12.1. The molecule has 1 rings (SSSR count). The first-order chi connectivity index (χ1) is 9.46. The van der Waals surface area contributed by atoms with Crippen LogP contribution in [0.2, 0.25) is 0 Å². The molecule has 0 heterocycles. The van der Waals surface area contributed by atoms with Crippen molar-refractivity contribution in [3.63, 3.8) is 0 Å². The first-order valence-corrected chi connectivity index (χ1v) is 5.71. The Labute approximate surface area is 114 Å². The molecule has 0 aliphatic carbocycles. The summed E-state index contributed by atoms with van der Waals surface area (Å²) in [7, 11) is 0.895. The SMILES string of the molecule is CNC(Cc1cc(F)ccc1F)C(C(F)(F)F)C(F)(F)F. The van der Waals surface area contributed by atoms with Gasteiger partial charge in [0.15, 0.2) is 5.92 Å². The average molecular weight is 321 g/mol. The molecule has 0 saturated heterocycles. The van der Waals surface area contributed by atoms with Crippen LogP contribution >= 0.6 is 0 Å². The van der Waals surface area contributed by atoms with Gasteiger partial charge in [-0.3, -0.25) is 0 Å². The smallest absolute Gasteiger partial charge is 0.316 e. The molecule has 1 aromatic rings. The van der Waals surface area contributed by atoms with Crippen LogP contribution in [0.4, 0.5) is 35.1 Å². The predicted molar refractivity (Wildman–Crippen MR) is 58.5 cm³/mol. The predicted octanol–water partition coefficient (Wildman–Crippen LogP) is 3.84. The van der Waals surface area contributed by atoms with Crippen LogP contribution in [0.3, 0.4) is 0 Å². The van der Waals surface area contributed by atoms with Crippen molar-refractivity contribution in [3.8, 4) is 0 Å². The van der Waals surface area contributed by atoms with Crippen molar-refractivity contribution < 1.29 is 35.1 Å². The lowest BCUT2D eigenvalue weighted by Crippen LogP contribution is -2.51. The van der Waals surface area contributed by atoms with Gasteiger partial charge in [0, 0.05) is 6.04 Å². The Balaban J connectivity index is 3.13. The molecule has 0 aliphatic heterocycles. The van der Waals surface area contributed by atoms with Crippen LogP contribution < -0.4 is 5.32 Å². The summed E-state index contributed by atoms with van der Waals surface area (Å²) in [5, 5.41) is 1.88. The third kappa shape index (κ3) is 4.55. The maximum Gasteiger partial charge on any atom is 0.402 e. The van der Waals surface area contributed by atoms with Crippen molar-refractivity contribution in [1.82, 2.24) is 5.32 Å². The van der Waals surface area contributed by atoms with Gasteiger partial charge in [-0.05, 0) is 37.2 Å². The molecule has 0 radical (unpaired) electrons. The highest BCUT2D eigenvalue weighted by Gasteiger charge is 2.59. The molecule has 0 bridgehead atoms. The Hall–Kier alpha value is -1.38. The lowest BCUT2D eigenvalue weighted by Gasteiger charge is -2.30. The number of alkyl halides is 6. The normalized spacial score (nSPS) is 14.6. The van der Waals surface area contributed by atoms with Gasteiger partial charge < -0.3 is 5.32 Å². The molecule has 0 spiro atoms. The fourth-order valence-electron chi connectivity index (χ4n) is 1.97. The molecular weight excluding hydrogens is 310 g/mol. The first kappa shape index (κ1) is 17.7. The van der Waals surface area contributed by atoms with E-state index in [4.69, 9.17) is 0 Å². The van der Waals surface area contributed by atoms with E-state index in [2.05, 4.69) is 0 Å². The van der Waals surface area contributed by atoms with Crippen LogP contribution in [0.25, 0.3) is 0 Å². The molecule has 0 aliphatic rings. The number of likely N-dealkylation sites (N-methyl/N-ethyl adjacent to an activating group) is 1. The van der Waals surface area contributed by atoms with Crippen LogP contribution in [0.5, 0.6) is 0 Å². The molecule has 0 aromatic heterocycles. The second-order valence-electron chi connectivity index (χ2n) is 4.40. The summed E-state index contributed by atoms with van der Waals surface area (Å²) >= 11 is 0. The zero-order chi connectivity index (χ0) is 16.4. The number of nitrogens with one attached hydrogen (secondary N) is 1. The summed E-state index contributed by atoms with van der Waals surface area (Å²) < 4.78 is 102. The Kier molecular flexibility index (Phi) is 5.19. The third-order valence-corrected chi connectivity index (χ3v) is 2.93. The minimum Gasteiger partial charge on any atom is -0.316 e. The Morgan fingerprint density at radius 2 is 1.52 bits per heavy atom. The van der Waals surface area contributed by atoms with E-state index in [1.54, 1.807) is 0 Å². The van der Waals surface area contributed by atoms with Gasteiger partial charge in [-0.1, -0.05) is 0 Å². The number of hydrogen-bond acceptors (Lipinski definition) is 1. The van der Waals surface area contributed by atoms with E-state index < -0.39 is 47.9 Å². The molecule has 120 valence electrons. The van der Waals surface area contributed by atoms with Gasteiger partial charge in [0.1, 0.15) is 11.6 Å². The van der Waals surface area contributed by atoms with Crippen LogP contribution in [0.15, 0.2) is 18.2 Å². The molecular formula is C12H11F8N. The lowest BCUT2D eigenvalue weighted by molar-refractivity contribution is -0.291. The van der Waals surface area contributed by atoms with Crippen LogP contribution in [0.1, 0.15) is 5.56 Å². The highest BCUT2D eigenvalue weighted by Crippen LogP contribution is 2.42. The number of rotatable bonds is 4. The Morgan fingerprint density at radius 1 is 1.00 bits per heavy atom. The van der Waals surface area contributed by atoms with E-state index in [1.165, 1.54) is 0 Å². The Morgan fingerprint density at radius 3 is 1.95 bits per heavy atom. The zero-order valence-electron chi connectivity index (χ0n) is 10.6. The summed E-state index contributed by atoms with van der Waals surface area (Å²) in [6.45, 7) is 0. The topological polar surface area (TPSA) is 12.0 Å². The zero-order valence-corrected chi connectivity index (χ0v) is 10.6. The highest BCUT2D eigenvalue weighted by atomic mass is 19.4. The minimum absolute atomic E-state index is 0.562. The fourth-order valence-corrected chi connectivity index (χ4v) is 1.97. The molecule has 1 nitrogen and oxygen atoms in total. The monoisotopic (exact) mass is 321 g/mol. The minimum atomic E-state index is -5.56. The van der Waals surface area contributed by atoms with E-state index >= 15 is 0 Å². The summed E-state index contributed by atoms with van der Waals surface area (Å²) in [6, 6.07) is -0.226. The van der Waals surface area contributed by atoms with Crippen LogP contribution in [-0.2, 0) is 6.42 Å². The second kappa shape index (κ2) is 6.17. The largest absolute Gasteiger partial charge is 0.402 e. The van der Waals surface area contributed by atoms with E-state index in [0.717, 1.165) is 13.1 Å². The van der Waals surface area contributed by atoms with Gasteiger partial charge in [0.25, 0.3) is 0 Å². The maximum absolute atomic E-state index is 13.4. The van der Waals surface area contributed by atoms with E-state index in [9.17, 15) is 35.1 Å². The first-order valence-electron chi connectivity index (χ1n) is 5.71. The van der Waals surface area contributed by atoms with Crippen molar-refractivity contribution in [2.24, 2.45) is 5.92 Å². The van der Waals surface area contributed by atoms with Crippen molar-refractivity contribution in [3.05, 3.63) is 35.4 Å². The van der Waals surface area contributed by atoms with Gasteiger partial charge in [0.2, 0.25) is 0 Å². The maximum atomic E-state index is 13.4. The van der Waals surface area contributed by atoms with E-state index in [-0.39, 0.29) is 0 Å². The molecule has 0 amide bonds. The van der Waals surface area contributed by atoms with Crippen LogP contribution in [0, 0.1) is 17.6 Å². The molecule has 1 aromatic carbocycles. The van der Waals surface area contributed by atoms with Gasteiger partial charge in [-0.25, -0.2) is 8.78 Å². The van der Waals surface area contributed by atoms with Crippen molar-refractivity contribution in [2.45, 2.75) is 24.8 Å². The Bertz CT molecular complexity index is 465. The van der Waals surface area contributed by atoms with E-state index in [0.29, 0.717) is 12.1 Å². The summed E-state index contributed by atoms with van der Waals surface area (Å²) in [5.74, 6) is -5.70. The summed E-state index contributed by atoms with van der Waals surface area (Å²) in [5.41, 5.74) is -0.562. The average Bonchev–Trinajstić information content (AvgIpc) is 2.29. The number of halogens is 8. The number of hydrogen-bond donors (Lipinski definition) is 1. The number of benzene rings is 1. The van der Waals surface area contributed by atoms with Crippen LogP contribution in [-0.4, -0.2) is 25.4 Å². The molecule has 0 saturated carbocycles. The van der Waals surface area contributed by atoms with Gasteiger partial charge in [-0.2, -0.15) is 26.3 Å². The highest BCUT2D eigenvalue weighted by molar-refractivity contribution is 5.20. The quantitative estimate of drug-likeness (QED) is 0.831. The molecule has 0 fully saturated rings. The van der Waals surface area contributed by atoms with Crippen molar-refractivity contribution >= 4 is 0 Å². The van der Waals surface area contributed by atoms with Crippen molar-refractivity contribution in [1.29, 1.82) is 0 Å². The third-order valence-electron chi connectivity index (χ3n) is 2.93. The lowest BCUT2D eigenvalue weighted by atomic mass is 9.92. The van der Waals surface area contributed by atoms with Gasteiger partial charge in [0.05, 0.1) is 0 Å². The van der Waals surface area contributed by atoms with Gasteiger partial charge in [-0.15, -0.1) is 0 Å². The summed E-state index contributed by atoms with van der Waals surface area (Å²) in [4.78, 5) is 0. The molecule has 1 atom stereocenters. The van der Waals surface area contributed by atoms with Gasteiger partial charge >= 0.3 is 12.4 Å². The molecule has 9 heteroatoms. The molecule has 21 heavy (non-hydrogen) atoms. The standard InChI is InChI=1S/C12H11F8N/c1-21-9(10(11(15,16)17)12(18,19)20)5-6-4-7(13)2-3-8(6)14/h2-4,9-10,21H,5H2,1H3. The molecule has 1 N–H and O–H groups in total. The van der Waals surface area contributed by atoms with E-state index in [1.807, 2.05) is 5.32 Å². The second-order valence-corrected chi connectivity index (χ2v) is 4.40.